The summed E-state index contributed by atoms with van der Waals surface area (Å²) >= 11 is 0. The molecule has 1 aliphatic heterocycles. The molecule has 0 N–H and O–H groups in total. The lowest BCUT2D eigenvalue weighted by molar-refractivity contribution is -0.138. The molecule has 0 amide bonds. The lowest BCUT2D eigenvalue weighted by Crippen LogP contribution is -2.32. The molecular formula is C14H18F3N. The first kappa shape index (κ1) is 13.2. The summed E-state index contributed by atoms with van der Waals surface area (Å²) in [6.07, 6.45) is -2.16. The molecular weight excluding hydrogens is 239 g/mol. The third-order valence-corrected chi connectivity index (χ3v) is 3.68. The van der Waals surface area contributed by atoms with Crippen LogP contribution in [-0.4, -0.2) is 13.1 Å². The Morgan fingerprint density at radius 2 is 1.78 bits per heavy atom. The van der Waals surface area contributed by atoms with Gasteiger partial charge in [-0.3, -0.25) is 0 Å². The highest BCUT2D eigenvalue weighted by atomic mass is 19.4. The van der Waals surface area contributed by atoms with Crippen LogP contribution >= 0.6 is 0 Å². The van der Waals surface area contributed by atoms with Crippen molar-refractivity contribution in [1.82, 2.24) is 0 Å². The van der Waals surface area contributed by atoms with Crippen molar-refractivity contribution >= 4 is 5.69 Å². The molecule has 4 heteroatoms. The number of hydrogen-bond acceptors (Lipinski definition) is 1. The van der Waals surface area contributed by atoms with Gasteiger partial charge in [0.15, 0.2) is 0 Å². The molecule has 0 saturated carbocycles. The van der Waals surface area contributed by atoms with E-state index in [0.29, 0.717) is 11.6 Å². The third-order valence-electron chi connectivity index (χ3n) is 3.68. The zero-order valence-electron chi connectivity index (χ0n) is 10.7. The van der Waals surface area contributed by atoms with Crippen LogP contribution in [0.1, 0.15) is 30.9 Å². The van der Waals surface area contributed by atoms with Crippen LogP contribution in [0.5, 0.6) is 0 Å². The summed E-state index contributed by atoms with van der Waals surface area (Å²) in [7, 11) is 0. The van der Waals surface area contributed by atoms with Crippen LogP contribution in [0, 0.1) is 12.8 Å². The van der Waals surface area contributed by atoms with Crippen LogP contribution in [0.3, 0.4) is 0 Å². The van der Waals surface area contributed by atoms with Crippen molar-refractivity contribution in [3.05, 3.63) is 29.3 Å². The van der Waals surface area contributed by atoms with E-state index < -0.39 is 11.7 Å². The fourth-order valence-electron chi connectivity index (χ4n) is 2.38. The zero-order valence-corrected chi connectivity index (χ0v) is 10.7. The molecule has 0 radical (unpaired) electrons. The predicted molar refractivity (Wildman–Crippen MR) is 66.8 cm³/mol. The number of benzene rings is 1. The van der Waals surface area contributed by atoms with Gasteiger partial charge >= 0.3 is 6.18 Å². The molecule has 1 nitrogen and oxygen atoms in total. The Morgan fingerprint density at radius 1 is 1.17 bits per heavy atom. The number of alkyl halides is 3. The van der Waals surface area contributed by atoms with E-state index in [1.165, 1.54) is 13.0 Å². The Labute approximate surface area is 106 Å². The molecule has 1 aliphatic rings. The summed E-state index contributed by atoms with van der Waals surface area (Å²) in [6, 6.07) is 4.64. The zero-order chi connectivity index (χ0) is 13.3. The number of anilines is 1. The van der Waals surface area contributed by atoms with Crippen molar-refractivity contribution in [1.29, 1.82) is 0 Å². The second kappa shape index (κ2) is 4.82. The van der Waals surface area contributed by atoms with Gasteiger partial charge in [0.2, 0.25) is 0 Å². The summed E-state index contributed by atoms with van der Waals surface area (Å²) in [5.74, 6) is 0.675. The first-order valence-electron chi connectivity index (χ1n) is 6.30. The van der Waals surface area contributed by atoms with Crippen molar-refractivity contribution in [2.24, 2.45) is 5.92 Å². The highest BCUT2D eigenvalue weighted by Crippen LogP contribution is 2.35. The molecule has 1 aromatic rings. The lowest BCUT2D eigenvalue weighted by Gasteiger charge is -2.32. The molecule has 1 heterocycles. The maximum atomic E-state index is 12.8. The minimum absolute atomic E-state index is 0.289. The molecule has 0 unspecified atom stereocenters. The van der Waals surface area contributed by atoms with Gasteiger partial charge in [-0.1, -0.05) is 13.0 Å². The average molecular weight is 257 g/mol. The standard InChI is InChI=1S/C14H18F3N/c1-10-5-7-18(8-6-10)12-4-3-11(2)13(9-12)14(15,16)17/h3-4,9-10H,5-8H2,1-2H3. The van der Waals surface area contributed by atoms with E-state index in [4.69, 9.17) is 0 Å². The number of halogens is 3. The lowest BCUT2D eigenvalue weighted by atomic mass is 9.98. The van der Waals surface area contributed by atoms with Gasteiger partial charge in [-0.2, -0.15) is 13.2 Å². The van der Waals surface area contributed by atoms with Gasteiger partial charge in [-0.05, 0) is 43.4 Å². The number of hydrogen-bond donors (Lipinski definition) is 0. The Hall–Kier alpha value is -1.19. The quantitative estimate of drug-likeness (QED) is 0.727. The number of aryl methyl sites for hydroxylation is 1. The Morgan fingerprint density at radius 3 is 2.33 bits per heavy atom. The fourth-order valence-corrected chi connectivity index (χ4v) is 2.38. The number of nitrogens with zero attached hydrogens (tertiary/aromatic N) is 1. The van der Waals surface area contributed by atoms with Crippen LogP contribution in [0.2, 0.25) is 0 Å². The van der Waals surface area contributed by atoms with Gasteiger partial charge < -0.3 is 4.90 Å². The molecule has 0 bridgehead atoms. The van der Waals surface area contributed by atoms with Crippen molar-refractivity contribution in [3.8, 4) is 0 Å². The van der Waals surface area contributed by atoms with Crippen LogP contribution in [0.15, 0.2) is 18.2 Å². The van der Waals surface area contributed by atoms with Crippen molar-refractivity contribution < 1.29 is 13.2 Å². The van der Waals surface area contributed by atoms with E-state index in [9.17, 15) is 13.2 Å². The summed E-state index contributed by atoms with van der Waals surface area (Å²) in [5, 5.41) is 0. The Bertz CT molecular complexity index is 418. The molecule has 1 saturated heterocycles. The minimum atomic E-state index is -4.26. The highest BCUT2D eigenvalue weighted by molar-refractivity contribution is 5.52. The normalized spacial score (nSPS) is 18.2. The molecule has 0 aliphatic carbocycles. The van der Waals surface area contributed by atoms with Gasteiger partial charge in [0.05, 0.1) is 5.56 Å². The van der Waals surface area contributed by atoms with E-state index in [0.717, 1.165) is 25.9 Å². The van der Waals surface area contributed by atoms with E-state index in [-0.39, 0.29) is 5.56 Å². The van der Waals surface area contributed by atoms with Gasteiger partial charge in [0, 0.05) is 18.8 Å². The SMILES string of the molecule is Cc1ccc(N2CCC(C)CC2)cc1C(F)(F)F. The Kier molecular flexibility index (Phi) is 3.55. The molecule has 1 aromatic carbocycles. The van der Waals surface area contributed by atoms with Gasteiger partial charge in [0.1, 0.15) is 0 Å². The maximum Gasteiger partial charge on any atom is 0.416 e. The van der Waals surface area contributed by atoms with E-state index in [1.807, 2.05) is 0 Å². The van der Waals surface area contributed by atoms with Crippen LogP contribution in [-0.2, 0) is 6.18 Å². The monoisotopic (exact) mass is 257 g/mol. The average Bonchev–Trinajstić information content (AvgIpc) is 2.29. The molecule has 0 aromatic heterocycles. The first-order chi connectivity index (χ1) is 8.38. The predicted octanol–water partition coefficient (Wildman–Crippen LogP) is 4.25. The summed E-state index contributed by atoms with van der Waals surface area (Å²) in [6.45, 7) is 5.39. The molecule has 2 rings (SSSR count). The molecule has 0 atom stereocenters. The summed E-state index contributed by atoms with van der Waals surface area (Å²) < 4.78 is 38.5. The van der Waals surface area contributed by atoms with E-state index in [2.05, 4.69) is 11.8 Å². The van der Waals surface area contributed by atoms with Crippen molar-refractivity contribution in [2.75, 3.05) is 18.0 Å². The van der Waals surface area contributed by atoms with E-state index >= 15 is 0 Å². The largest absolute Gasteiger partial charge is 0.416 e. The second-order valence-corrected chi connectivity index (χ2v) is 5.17. The first-order valence-corrected chi connectivity index (χ1v) is 6.30. The van der Waals surface area contributed by atoms with Crippen molar-refractivity contribution in [3.63, 3.8) is 0 Å². The highest BCUT2D eigenvalue weighted by Gasteiger charge is 2.33. The summed E-state index contributed by atoms with van der Waals surface area (Å²) in [4.78, 5) is 2.05. The third kappa shape index (κ3) is 2.79. The topological polar surface area (TPSA) is 3.24 Å². The molecule has 18 heavy (non-hydrogen) atoms. The van der Waals surface area contributed by atoms with Crippen LogP contribution < -0.4 is 4.90 Å². The number of rotatable bonds is 1. The van der Waals surface area contributed by atoms with Gasteiger partial charge in [-0.25, -0.2) is 0 Å². The second-order valence-electron chi connectivity index (χ2n) is 5.17. The van der Waals surface area contributed by atoms with Crippen LogP contribution in [0.4, 0.5) is 18.9 Å². The maximum absolute atomic E-state index is 12.8. The van der Waals surface area contributed by atoms with Gasteiger partial charge in [-0.15, -0.1) is 0 Å². The summed E-state index contributed by atoms with van der Waals surface area (Å²) in [5.41, 5.74) is 0.468. The molecule has 100 valence electrons. The van der Waals surface area contributed by atoms with Crippen molar-refractivity contribution in [2.45, 2.75) is 32.9 Å². The van der Waals surface area contributed by atoms with Crippen LogP contribution in [0.25, 0.3) is 0 Å². The molecule has 1 fully saturated rings. The molecule has 0 spiro atoms. The Balaban J connectivity index is 2.24. The van der Waals surface area contributed by atoms with E-state index in [1.54, 1.807) is 12.1 Å². The minimum Gasteiger partial charge on any atom is -0.372 e. The number of piperidine rings is 1. The fraction of sp³-hybridized carbons (Fsp3) is 0.571. The smallest absolute Gasteiger partial charge is 0.372 e. The van der Waals surface area contributed by atoms with Gasteiger partial charge in [0.25, 0.3) is 0 Å².